The van der Waals surface area contributed by atoms with Gasteiger partial charge in [0.15, 0.2) is 0 Å². The maximum atomic E-state index is 14.1. The van der Waals surface area contributed by atoms with Gasteiger partial charge in [-0.25, -0.2) is 9.37 Å². The number of anilines is 1. The highest BCUT2D eigenvalue weighted by molar-refractivity contribution is 5.77. The third-order valence-electron chi connectivity index (χ3n) is 7.29. The average Bonchev–Trinajstić information content (AvgIpc) is 3.60. The molecule has 1 aromatic heterocycles. The van der Waals surface area contributed by atoms with E-state index in [1.54, 1.807) is 13.2 Å². The highest BCUT2D eigenvalue weighted by Gasteiger charge is 2.37. The van der Waals surface area contributed by atoms with Gasteiger partial charge in [0.1, 0.15) is 29.2 Å². The number of carboxylic acid groups (broad SMARTS) is 1. The fourth-order valence-electron chi connectivity index (χ4n) is 5.24. The predicted octanol–water partition coefficient (Wildman–Crippen LogP) is 4.37. The Balaban J connectivity index is 1.12. The minimum atomic E-state index is -1.01. The molecular weight excluding hydrogens is 477 g/mol. The van der Waals surface area contributed by atoms with Crippen molar-refractivity contribution in [3.8, 4) is 11.5 Å². The zero-order chi connectivity index (χ0) is 25.8. The molecule has 0 radical (unpaired) electrons. The maximum Gasteiger partial charge on any atom is 0.325 e. The number of halogens is 1. The van der Waals surface area contributed by atoms with E-state index in [0.29, 0.717) is 31.0 Å². The number of ether oxygens (including phenoxy) is 3. The van der Waals surface area contributed by atoms with E-state index < -0.39 is 17.8 Å². The molecule has 8 nitrogen and oxygen atoms in total. The number of nitrogens with zero attached hydrogens (tertiary/aromatic N) is 2. The lowest BCUT2D eigenvalue weighted by molar-refractivity contribution is -0.143. The minimum absolute atomic E-state index is 0.0469. The second-order valence-electron chi connectivity index (χ2n) is 10.1. The Bertz CT molecular complexity index is 1090. The number of hydrogen-bond acceptors (Lipinski definition) is 7. The van der Waals surface area contributed by atoms with Crippen LogP contribution < -0.4 is 14.8 Å². The van der Waals surface area contributed by atoms with Crippen molar-refractivity contribution in [2.24, 2.45) is 0 Å². The van der Waals surface area contributed by atoms with Gasteiger partial charge in [0.2, 0.25) is 0 Å². The number of aryl methyl sites for hydroxylation is 1. The molecule has 2 aliphatic heterocycles. The second-order valence-corrected chi connectivity index (χ2v) is 10.1. The van der Waals surface area contributed by atoms with Crippen LogP contribution in [0.4, 0.5) is 10.2 Å². The Morgan fingerprint density at radius 1 is 1.22 bits per heavy atom. The van der Waals surface area contributed by atoms with Crippen molar-refractivity contribution in [1.29, 1.82) is 0 Å². The molecule has 0 bridgehead atoms. The number of aromatic nitrogens is 1. The van der Waals surface area contributed by atoms with Crippen molar-refractivity contribution < 1.29 is 28.5 Å². The van der Waals surface area contributed by atoms with Crippen LogP contribution >= 0.6 is 0 Å². The van der Waals surface area contributed by atoms with E-state index in [1.165, 1.54) is 12.1 Å². The molecule has 3 aliphatic rings. The van der Waals surface area contributed by atoms with Crippen LogP contribution in [0.25, 0.3) is 0 Å². The highest BCUT2D eigenvalue weighted by Crippen LogP contribution is 2.37. The number of carboxylic acids is 1. The zero-order valence-corrected chi connectivity index (χ0v) is 21.4. The molecule has 5 rings (SSSR count). The van der Waals surface area contributed by atoms with Crippen LogP contribution in [0.3, 0.4) is 0 Å². The smallest absolute Gasteiger partial charge is 0.325 e. The molecule has 2 N–H and O–H groups in total. The van der Waals surface area contributed by atoms with Crippen molar-refractivity contribution in [1.82, 2.24) is 9.88 Å². The third-order valence-corrected chi connectivity index (χ3v) is 7.29. The Kier molecular flexibility index (Phi) is 8.10. The van der Waals surface area contributed by atoms with Crippen LogP contribution in [0.1, 0.15) is 61.4 Å². The third kappa shape index (κ3) is 6.33. The number of benzene rings is 1. The van der Waals surface area contributed by atoms with Crippen molar-refractivity contribution in [2.75, 3.05) is 38.7 Å². The number of unbranched alkanes of at least 4 members (excludes halogenated alkanes) is 1. The summed E-state index contributed by atoms with van der Waals surface area (Å²) in [6.45, 7) is 2.61. The first-order valence-electron chi connectivity index (χ1n) is 13.4. The van der Waals surface area contributed by atoms with Gasteiger partial charge in [-0.15, -0.1) is 0 Å². The van der Waals surface area contributed by atoms with Crippen molar-refractivity contribution in [3.63, 3.8) is 0 Å². The first-order valence-corrected chi connectivity index (χ1v) is 13.4. The Labute approximate surface area is 217 Å². The summed E-state index contributed by atoms with van der Waals surface area (Å²) in [5.41, 5.74) is 2.55. The first kappa shape index (κ1) is 25.7. The van der Waals surface area contributed by atoms with Crippen molar-refractivity contribution >= 4 is 11.8 Å². The molecule has 0 spiro atoms. The number of hydrogen-bond donors (Lipinski definition) is 2. The predicted molar refractivity (Wildman–Crippen MR) is 137 cm³/mol. The van der Waals surface area contributed by atoms with E-state index in [-0.39, 0.29) is 12.2 Å². The van der Waals surface area contributed by atoms with Gasteiger partial charge in [-0.3, -0.25) is 9.69 Å². The summed E-state index contributed by atoms with van der Waals surface area (Å²) in [6.07, 6.45) is 7.43. The number of nitrogens with one attached hydrogen (secondary N) is 1. The number of methoxy groups -OCH3 is 1. The fraction of sp³-hybridized carbons (Fsp3) is 0.571. The Hall–Kier alpha value is -2.91. The number of fused-ring (bicyclic) bond motifs is 1. The second kappa shape index (κ2) is 11.6. The summed E-state index contributed by atoms with van der Waals surface area (Å²) in [5, 5.41) is 13.4. The topological polar surface area (TPSA) is 93.2 Å². The van der Waals surface area contributed by atoms with Crippen LogP contribution in [0, 0.1) is 5.82 Å². The maximum absolute atomic E-state index is 14.1. The SMILES string of the molecule is COc1cc(CCCCOC2CCN(C(C(=O)O)c3cc(F)ccc3OC3CC3)C2)nc2c1CCCN2. The molecule has 1 aliphatic carbocycles. The molecule has 2 aromatic rings. The fourth-order valence-corrected chi connectivity index (χ4v) is 5.24. The average molecular weight is 514 g/mol. The van der Waals surface area contributed by atoms with Gasteiger partial charge in [-0.1, -0.05) is 0 Å². The van der Waals surface area contributed by atoms with E-state index in [4.69, 9.17) is 19.2 Å². The summed E-state index contributed by atoms with van der Waals surface area (Å²) in [4.78, 5) is 18.9. The van der Waals surface area contributed by atoms with Gasteiger partial charge in [0.25, 0.3) is 0 Å². The van der Waals surface area contributed by atoms with Crippen molar-refractivity contribution in [3.05, 3.63) is 46.9 Å². The lowest BCUT2D eigenvalue weighted by atomic mass is 10.0. The van der Waals surface area contributed by atoms with E-state index >= 15 is 0 Å². The summed E-state index contributed by atoms with van der Waals surface area (Å²) in [5.74, 6) is 0.849. The number of likely N-dealkylation sites (tertiary alicyclic amines) is 1. The van der Waals surface area contributed by atoms with Crippen LogP contribution in [-0.2, 0) is 22.4 Å². The molecule has 37 heavy (non-hydrogen) atoms. The van der Waals surface area contributed by atoms with Gasteiger partial charge < -0.3 is 24.6 Å². The Morgan fingerprint density at radius 3 is 2.86 bits per heavy atom. The number of pyridine rings is 1. The molecule has 1 saturated heterocycles. The van der Waals surface area contributed by atoms with Crippen LogP contribution in [0.15, 0.2) is 24.3 Å². The lowest BCUT2D eigenvalue weighted by Crippen LogP contribution is -2.34. The van der Waals surface area contributed by atoms with Gasteiger partial charge in [0.05, 0.1) is 19.3 Å². The number of aliphatic carboxylic acids is 1. The van der Waals surface area contributed by atoms with E-state index in [1.807, 2.05) is 11.0 Å². The van der Waals surface area contributed by atoms with E-state index in [9.17, 15) is 14.3 Å². The number of rotatable bonds is 12. The monoisotopic (exact) mass is 513 g/mol. The van der Waals surface area contributed by atoms with Crippen LogP contribution in [-0.4, -0.2) is 66.5 Å². The molecule has 3 heterocycles. The molecule has 2 atom stereocenters. The molecule has 2 fully saturated rings. The van der Waals surface area contributed by atoms with Crippen LogP contribution in [0.2, 0.25) is 0 Å². The summed E-state index contributed by atoms with van der Waals surface area (Å²) in [7, 11) is 1.71. The largest absolute Gasteiger partial charge is 0.496 e. The standard InChI is InChI=1S/C28H36FN3O5/c1-35-25-16-19(31-27-22(25)6-4-12-30-27)5-2-3-14-36-21-11-13-32(17-21)26(28(33)34)23-15-18(29)7-10-24(23)37-20-8-9-20/h7,10,15-16,20-21,26H,2-6,8-9,11-14,17H2,1H3,(H,30,31)(H,33,34). The normalized spacial score (nSPS) is 20.2. The van der Waals surface area contributed by atoms with Gasteiger partial charge in [-0.05, 0) is 69.6 Å². The highest BCUT2D eigenvalue weighted by atomic mass is 19.1. The van der Waals surface area contributed by atoms with Crippen LogP contribution in [0.5, 0.6) is 11.5 Å². The zero-order valence-electron chi connectivity index (χ0n) is 21.4. The summed E-state index contributed by atoms with van der Waals surface area (Å²) >= 11 is 0. The molecule has 1 saturated carbocycles. The van der Waals surface area contributed by atoms with Gasteiger partial charge in [0, 0.05) is 49.1 Å². The molecule has 1 aromatic carbocycles. The van der Waals surface area contributed by atoms with Crippen molar-refractivity contribution in [2.45, 2.75) is 69.6 Å². The molecule has 9 heteroatoms. The molecule has 0 amide bonds. The Morgan fingerprint density at radius 2 is 2.08 bits per heavy atom. The van der Waals surface area contributed by atoms with E-state index in [0.717, 1.165) is 80.7 Å². The van der Waals surface area contributed by atoms with Gasteiger partial charge >= 0.3 is 5.97 Å². The number of carbonyl (C=O) groups is 1. The minimum Gasteiger partial charge on any atom is -0.496 e. The molecule has 200 valence electrons. The quantitative estimate of drug-likeness (QED) is 0.404. The molecular formula is C28H36FN3O5. The summed E-state index contributed by atoms with van der Waals surface area (Å²) in [6, 6.07) is 5.25. The van der Waals surface area contributed by atoms with E-state index in [2.05, 4.69) is 5.32 Å². The molecule has 2 unspecified atom stereocenters. The first-order chi connectivity index (χ1) is 18.0. The summed E-state index contributed by atoms with van der Waals surface area (Å²) < 4.78 is 31.7. The van der Waals surface area contributed by atoms with Gasteiger partial charge in [-0.2, -0.15) is 0 Å². The lowest BCUT2D eigenvalue weighted by Gasteiger charge is -2.26.